The van der Waals surface area contributed by atoms with E-state index in [4.69, 9.17) is 5.11 Å². The molecule has 0 unspecified atom stereocenters. The van der Waals surface area contributed by atoms with Gasteiger partial charge >= 0.3 is 29.0 Å². The van der Waals surface area contributed by atoms with E-state index in [1.54, 1.807) is 0 Å². The van der Waals surface area contributed by atoms with Crippen molar-refractivity contribution >= 4 is 29.0 Å². The van der Waals surface area contributed by atoms with E-state index in [1.165, 1.54) is 0 Å². The molecule has 0 saturated heterocycles. The molecule has 3 heteroatoms. The van der Waals surface area contributed by atoms with Crippen LogP contribution in [-0.4, -0.2) is 34.1 Å². The minimum absolute atomic E-state index is 0. The van der Waals surface area contributed by atoms with Crippen molar-refractivity contribution in [3.05, 3.63) is 0 Å². The lowest BCUT2D eigenvalue weighted by atomic mass is 10.1. The highest BCUT2D eigenvalue weighted by atomic mass is 24.3. The first-order valence-corrected chi connectivity index (χ1v) is 2.34. The van der Waals surface area contributed by atoms with Crippen LogP contribution in [0, 0.1) is 5.92 Å². The van der Waals surface area contributed by atoms with Gasteiger partial charge in [0, 0.05) is 6.42 Å². The van der Waals surface area contributed by atoms with Crippen LogP contribution in [0.3, 0.4) is 0 Å². The van der Waals surface area contributed by atoms with Gasteiger partial charge in [0.05, 0.1) is 0 Å². The van der Waals surface area contributed by atoms with Crippen LogP contribution in [0.5, 0.6) is 0 Å². The Bertz CT molecular complexity index is 70.8. The van der Waals surface area contributed by atoms with Gasteiger partial charge in [-0.1, -0.05) is 13.8 Å². The molecule has 1 N–H and O–H groups in total. The van der Waals surface area contributed by atoms with Gasteiger partial charge in [0.15, 0.2) is 0 Å². The van der Waals surface area contributed by atoms with Crippen LogP contribution in [0.2, 0.25) is 0 Å². The van der Waals surface area contributed by atoms with Crippen molar-refractivity contribution < 1.29 is 9.90 Å². The summed E-state index contributed by atoms with van der Waals surface area (Å²) in [6, 6.07) is 0. The largest absolute Gasteiger partial charge is 0.481 e. The number of aliphatic carboxylic acids is 1. The van der Waals surface area contributed by atoms with Crippen LogP contribution in [0.1, 0.15) is 20.3 Å². The van der Waals surface area contributed by atoms with Gasteiger partial charge in [-0.3, -0.25) is 4.79 Å². The van der Waals surface area contributed by atoms with E-state index in [1.807, 2.05) is 13.8 Å². The van der Waals surface area contributed by atoms with E-state index in [0.29, 0.717) is 0 Å². The second-order valence-electron chi connectivity index (χ2n) is 1.99. The Morgan fingerprint density at radius 3 is 2.00 bits per heavy atom. The number of hydrogen-bond acceptors (Lipinski definition) is 1. The molecule has 0 aliphatic carbocycles. The summed E-state index contributed by atoms with van der Waals surface area (Å²) in [4.78, 5) is 9.81. The zero-order chi connectivity index (χ0) is 5.86. The molecule has 0 bridgehead atoms. The zero-order valence-electron chi connectivity index (χ0n) is 4.64. The van der Waals surface area contributed by atoms with E-state index in [2.05, 4.69) is 0 Å². The summed E-state index contributed by atoms with van der Waals surface area (Å²) in [6.07, 6.45) is 0.278. The fraction of sp³-hybridized carbons (Fsp3) is 0.800. The molecule has 46 valence electrons. The Kier molecular flexibility index (Phi) is 7.45. The van der Waals surface area contributed by atoms with Gasteiger partial charge in [-0.2, -0.15) is 0 Å². The fourth-order valence-corrected chi connectivity index (χ4v) is 0.349. The van der Waals surface area contributed by atoms with Crippen LogP contribution in [0.25, 0.3) is 0 Å². The average Bonchev–Trinajstić information content (AvgIpc) is 1.27. The van der Waals surface area contributed by atoms with Crippen molar-refractivity contribution in [3.63, 3.8) is 0 Å². The third-order valence-corrected chi connectivity index (χ3v) is 0.583. The fourth-order valence-electron chi connectivity index (χ4n) is 0.349. The molecule has 0 aliphatic heterocycles. The van der Waals surface area contributed by atoms with Crippen LogP contribution in [-0.2, 0) is 4.79 Å². The summed E-state index contributed by atoms with van der Waals surface area (Å²) >= 11 is 0. The number of rotatable bonds is 2. The molecule has 0 atom stereocenters. The summed E-state index contributed by atoms with van der Waals surface area (Å²) in [5.41, 5.74) is 0. The predicted molar refractivity (Wildman–Crippen MR) is 35.6 cm³/mol. The highest BCUT2D eigenvalue weighted by Crippen LogP contribution is 1.96. The Labute approximate surface area is 65.4 Å². The highest BCUT2D eigenvalue weighted by molar-refractivity contribution is 5.75. The molecule has 0 radical (unpaired) electrons. The quantitative estimate of drug-likeness (QED) is 0.540. The lowest BCUT2D eigenvalue weighted by Gasteiger charge is -1.94. The molecule has 2 nitrogen and oxygen atoms in total. The molecular weight excluding hydrogens is 116 g/mol. The molecule has 0 aromatic rings. The van der Waals surface area contributed by atoms with Crippen molar-refractivity contribution in [1.82, 2.24) is 0 Å². The monoisotopic (exact) mass is 128 g/mol. The molecule has 0 fully saturated rings. The average molecular weight is 128 g/mol. The molecule has 8 heavy (non-hydrogen) atoms. The van der Waals surface area contributed by atoms with Crippen LogP contribution in [0.15, 0.2) is 0 Å². The highest BCUT2D eigenvalue weighted by Gasteiger charge is 1.98. The van der Waals surface area contributed by atoms with E-state index >= 15 is 0 Å². The van der Waals surface area contributed by atoms with Crippen molar-refractivity contribution in [3.8, 4) is 0 Å². The van der Waals surface area contributed by atoms with E-state index < -0.39 is 5.97 Å². The first kappa shape index (κ1) is 11.1. The molecule has 0 spiro atoms. The molecule has 0 aromatic heterocycles. The number of hydrogen-bond donors (Lipinski definition) is 1. The maximum Gasteiger partial charge on any atom is 0.316 e. The summed E-state index contributed by atoms with van der Waals surface area (Å²) < 4.78 is 0. The number of carboxylic acids is 1. The number of carboxylic acid groups (broad SMARTS) is 1. The summed E-state index contributed by atoms with van der Waals surface area (Å²) in [7, 11) is 0. The molecule has 0 amide bonds. The van der Waals surface area contributed by atoms with Crippen LogP contribution in [0.4, 0.5) is 0 Å². The molecular formula is C5H12MgO2. The van der Waals surface area contributed by atoms with Crippen molar-refractivity contribution in [2.75, 3.05) is 0 Å². The zero-order valence-corrected chi connectivity index (χ0v) is 4.64. The minimum atomic E-state index is -0.713. The Balaban J connectivity index is 0. The summed E-state index contributed by atoms with van der Waals surface area (Å²) in [5, 5.41) is 8.08. The van der Waals surface area contributed by atoms with Crippen molar-refractivity contribution in [2.24, 2.45) is 5.92 Å². The van der Waals surface area contributed by atoms with Crippen molar-refractivity contribution in [1.29, 1.82) is 0 Å². The lowest BCUT2D eigenvalue weighted by molar-refractivity contribution is -0.137. The third-order valence-electron chi connectivity index (χ3n) is 0.583. The second-order valence-corrected chi connectivity index (χ2v) is 1.99. The second kappa shape index (κ2) is 5.37. The van der Waals surface area contributed by atoms with Gasteiger partial charge < -0.3 is 5.11 Å². The van der Waals surface area contributed by atoms with Gasteiger partial charge in [-0.15, -0.1) is 0 Å². The van der Waals surface area contributed by atoms with E-state index in [-0.39, 0.29) is 35.4 Å². The maximum atomic E-state index is 9.81. The third kappa shape index (κ3) is 9.53. The molecule has 0 saturated carbocycles. The van der Waals surface area contributed by atoms with Crippen molar-refractivity contribution in [2.45, 2.75) is 20.3 Å². The van der Waals surface area contributed by atoms with E-state index in [9.17, 15) is 4.79 Å². The van der Waals surface area contributed by atoms with Gasteiger partial charge in [-0.25, -0.2) is 0 Å². The maximum absolute atomic E-state index is 9.81. The SMILES string of the molecule is CC(C)CC(=O)O.[MgH2]. The van der Waals surface area contributed by atoms with Gasteiger partial charge in [0.25, 0.3) is 0 Å². The Hall–Kier alpha value is 0.236. The smallest absolute Gasteiger partial charge is 0.316 e. The minimum Gasteiger partial charge on any atom is -0.481 e. The first-order chi connectivity index (χ1) is 3.13. The normalized spacial score (nSPS) is 8.38. The van der Waals surface area contributed by atoms with Crippen LogP contribution >= 0.6 is 0 Å². The summed E-state index contributed by atoms with van der Waals surface area (Å²) in [5.74, 6) is -0.438. The van der Waals surface area contributed by atoms with E-state index in [0.717, 1.165) is 0 Å². The molecule has 0 aliphatic rings. The molecule has 0 heterocycles. The Morgan fingerprint density at radius 2 is 2.00 bits per heavy atom. The van der Waals surface area contributed by atoms with Gasteiger partial charge in [0.1, 0.15) is 0 Å². The predicted octanol–water partition coefficient (Wildman–Crippen LogP) is 0.201. The summed E-state index contributed by atoms with van der Waals surface area (Å²) in [6.45, 7) is 3.77. The standard InChI is InChI=1S/C5H10O2.Mg.2H/c1-4(2)3-5(6)7;;;/h4H,3H2,1-2H3,(H,6,7);;;. The molecule has 0 aromatic carbocycles. The molecule has 0 rings (SSSR count). The van der Waals surface area contributed by atoms with Gasteiger partial charge in [0.2, 0.25) is 0 Å². The Morgan fingerprint density at radius 1 is 1.62 bits per heavy atom. The van der Waals surface area contributed by atoms with Gasteiger partial charge in [-0.05, 0) is 5.92 Å². The van der Waals surface area contributed by atoms with Crippen LogP contribution < -0.4 is 0 Å². The topological polar surface area (TPSA) is 37.3 Å². The lowest BCUT2D eigenvalue weighted by Crippen LogP contribution is -1.99. The first-order valence-electron chi connectivity index (χ1n) is 2.34. The number of carbonyl (C=O) groups is 1.